The summed E-state index contributed by atoms with van der Waals surface area (Å²) < 4.78 is 7.30. The van der Waals surface area contributed by atoms with E-state index in [2.05, 4.69) is 75.6 Å². The number of halogens is 1. The van der Waals surface area contributed by atoms with Crippen LogP contribution in [0.25, 0.3) is 0 Å². The second kappa shape index (κ2) is 13.7. The van der Waals surface area contributed by atoms with Gasteiger partial charge in [-0.1, -0.05) is 43.3 Å². The Morgan fingerprint density at radius 3 is 2.53 bits per heavy atom. The zero-order valence-electron chi connectivity index (χ0n) is 19.0. The number of aliphatic imine (C=N–C) groups is 1. The standard InChI is InChI=1S/C24H32N6O.HI/c1-4-23-29-28-18-30(23)16-15-26-24(27-17-21-8-6-5-7-19(21)2)25-14-13-20-9-11-22(31-3)12-10-20;/h5-12,18H,4,13-17H2,1-3H3,(H2,25,26,27);1H. The average Bonchev–Trinajstić information content (AvgIpc) is 3.26. The van der Waals surface area contributed by atoms with Crippen molar-refractivity contribution in [3.8, 4) is 5.75 Å². The molecule has 3 aromatic rings. The number of methoxy groups -OCH3 is 1. The second-order valence-corrected chi connectivity index (χ2v) is 7.34. The van der Waals surface area contributed by atoms with Gasteiger partial charge in [0.1, 0.15) is 17.9 Å². The first-order valence-electron chi connectivity index (χ1n) is 10.8. The fraction of sp³-hybridized carbons (Fsp3) is 0.375. The predicted molar refractivity (Wildman–Crippen MR) is 140 cm³/mol. The average molecular weight is 548 g/mol. The number of nitrogens with one attached hydrogen (secondary N) is 2. The van der Waals surface area contributed by atoms with Crippen LogP contribution in [0.15, 0.2) is 59.9 Å². The topological polar surface area (TPSA) is 76.4 Å². The van der Waals surface area contributed by atoms with Crippen molar-refractivity contribution >= 4 is 29.9 Å². The van der Waals surface area contributed by atoms with Gasteiger partial charge in [-0.25, -0.2) is 4.99 Å². The van der Waals surface area contributed by atoms with Crippen molar-refractivity contribution in [2.75, 3.05) is 20.2 Å². The first-order chi connectivity index (χ1) is 15.2. The maximum atomic E-state index is 5.23. The molecule has 0 unspecified atom stereocenters. The molecule has 3 rings (SSSR count). The van der Waals surface area contributed by atoms with Crippen molar-refractivity contribution < 1.29 is 4.74 Å². The number of ether oxygens (including phenoxy) is 1. The van der Waals surface area contributed by atoms with Gasteiger partial charge in [-0.3, -0.25) is 0 Å². The molecule has 0 saturated carbocycles. The molecule has 0 amide bonds. The highest BCUT2D eigenvalue weighted by Gasteiger charge is 2.04. The molecule has 0 radical (unpaired) electrons. The number of aryl methyl sites for hydroxylation is 2. The summed E-state index contributed by atoms with van der Waals surface area (Å²) in [7, 11) is 1.68. The number of rotatable bonds is 10. The number of aromatic nitrogens is 3. The fourth-order valence-corrected chi connectivity index (χ4v) is 3.28. The number of hydrogen-bond acceptors (Lipinski definition) is 4. The lowest BCUT2D eigenvalue weighted by Gasteiger charge is -2.14. The number of benzene rings is 2. The highest BCUT2D eigenvalue weighted by atomic mass is 127. The molecule has 172 valence electrons. The van der Waals surface area contributed by atoms with Gasteiger partial charge in [0, 0.05) is 26.1 Å². The summed E-state index contributed by atoms with van der Waals surface area (Å²) in [4.78, 5) is 4.81. The Morgan fingerprint density at radius 2 is 1.81 bits per heavy atom. The first-order valence-corrected chi connectivity index (χ1v) is 10.8. The van der Waals surface area contributed by atoms with Gasteiger partial charge in [-0.2, -0.15) is 0 Å². The van der Waals surface area contributed by atoms with Gasteiger partial charge < -0.3 is 19.9 Å². The molecule has 8 heteroatoms. The summed E-state index contributed by atoms with van der Waals surface area (Å²) >= 11 is 0. The Balaban J connectivity index is 0.00000363. The lowest BCUT2D eigenvalue weighted by Crippen LogP contribution is -2.40. The van der Waals surface area contributed by atoms with Crippen LogP contribution in [-0.2, 0) is 25.9 Å². The summed E-state index contributed by atoms with van der Waals surface area (Å²) in [5.74, 6) is 2.68. The van der Waals surface area contributed by atoms with Crippen LogP contribution in [0.3, 0.4) is 0 Å². The molecule has 0 fully saturated rings. The summed E-state index contributed by atoms with van der Waals surface area (Å²) in [5.41, 5.74) is 3.73. The maximum absolute atomic E-state index is 5.23. The second-order valence-electron chi connectivity index (χ2n) is 7.34. The SMILES string of the molecule is CCc1nncn1CCNC(=NCc1ccccc1C)NCCc1ccc(OC)cc1.I. The smallest absolute Gasteiger partial charge is 0.191 e. The van der Waals surface area contributed by atoms with Gasteiger partial charge in [0.25, 0.3) is 0 Å². The van der Waals surface area contributed by atoms with Crippen LogP contribution in [0.2, 0.25) is 0 Å². The third-order valence-electron chi connectivity index (χ3n) is 5.19. The van der Waals surface area contributed by atoms with Crippen LogP contribution in [0.4, 0.5) is 0 Å². The molecular weight excluding hydrogens is 515 g/mol. The third kappa shape index (κ3) is 7.81. The predicted octanol–water partition coefficient (Wildman–Crippen LogP) is 3.75. The van der Waals surface area contributed by atoms with Crippen LogP contribution in [0.1, 0.15) is 29.4 Å². The van der Waals surface area contributed by atoms with Crippen LogP contribution < -0.4 is 15.4 Å². The monoisotopic (exact) mass is 548 g/mol. The molecule has 1 aromatic heterocycles. The Labute approximate surface area is 207 Å². The van der Waals surface area contributed by atoms with Crippen molar-refractivity contribution in [3.63, 3.8) is 0 Å². The molecule has 0 spiro atoms. The largest absolute Gasteiger partial charge is 0.497 e. The van der Waals surface area contributed by atoms with E-state index in [4.69, 9.17) is 9.73 Å². The van der Waals surface area contributed by atoms with Crippen LogP contribution in [0.5, 0.6) is 5.75 Å². The summed E-state index contributed by atoms with van der Waals surface area (Å²) in [6.45, 7) is 7.17. The molecule has 0 aliphatic carbocycles. The van der Waals surface area contributed by atoms with E-state index < -0.39 is 0 Å². The molecule has 7 nitrogen and oxygen atoms in total. The van der Waals surface area contributed by atoms with Crippen LogP contribution in [0, 0.1) is 6.92 Å². The van der Waals surface area contributed by atoms with Crippen molar-refractivity contribution in [2.24, 2.45) is 4.99 Å². The molecular formula is C24H33IN6O. The first kappa shape index (κ1) is 25.6. The molecule has 0 atom stereocenters. The normalized spacial score (nSPS) is 11.0. The summed E-state index contributed by atoms with van der Waals surface area (Å²) in [6.07, 6.45) is 3.55. The molecule has 2 aromatic carbocycles. The Bertz CT molecular complexity index is 971. The Kier molecular flexibility index (Phi) is 11.0. The van der Waals surface area contributed by atoms with Gasteiger partial charge in [-0.05, 0) is 42.2 Å². The van der Waals surface area contributed by atoms with Crippen molar-refractivity contribution in [1.29, 1.82) is 0 Å². The summed E-state index contributed by atoms with van der Waals surface area (Å²) in [5, 5.41) is 15.1. The highest BCUT2D eigenvalue weighted by molar-refractivity contribution is 14.0. The number of guanidine groups is 1. The molecule has 0 bridgehead atoms. The third-order valence-corrected chi connectivity index (χ3v) is 5.19. The van der Waals surface area contributed by atoms with Crippen molar-refractivity contribution in [2.45, 2.75) is 39.8 Å². The van der Waals surface area contributed by atoms with E-state index in [-0.39, 0.29) is 24.0 Å². The minimum absolute atomic E-state index is 0. The zero-order valence-corrected chi connectivity index (χ0v) is 21.4. The zero-order chi connectivity index (χ0) is 21.9. The molecule has 1 heterocycles. The van der Waals surface area contributed by atoms with E-state index in [1.807, 2.05) is 12.1 Å². The number of nitrogens with zero attached hydrogens (tertiary/aromatic N) is 4. The lowest BCUT2D eigenvalue weighted by molar-refractivity contribution is 0.414. The van der Waals surface area contributed by atoms with E-state index >= 15 is 0 Å². The molecule has 0 aliphatic heterocycles. The van der Waals surface area contributed by atoms with Crippen LogP contribution >= 0.6 is 24.0 Å². The van der Waals surface area contributed by atoms with Crippen LogP contribution in [-0.4, -0.2) is 40.9 Å². The van der Waals surface area contributed by atoms with Crippen molar-refractivity contribution in [1.82, 2.24) is 25.4 Å². The highest BCUT2D eigenvalue weighted by Crippen LogP contribution is 2.11. The molecule has 2 N–H and O–H groups in total. The minimum Gasteiger partial charge on any atom is -0.497 e. The molecule has 32 heavy (non-hydrogen) atoms. The van der Waals surface area contributed by atoms with E-state index in [1.54, 1.807) is 13.4 Å². The Morgan fingerprint density at radius 1 is 1.06 bits per heavy atom. The molecule has 0 saturated heterocycles. The quantitative estimate of drug-likeness (QED) is 0.229. The summed E-state index contributed by atoms with van der Waals surface area (Å²) in [6, 6.07) is 16.5. The fourth-order valence-electron chi connectivity index (χ4n) is 3.28. The maximum Gasteiger partial charge on any atom is 0.191 e. The lowest BCUT2D eigenvalue weighted by atomic mass is 10.1. The molecule has 0 aliphatic rings. The van der Waals surface area contributed by atoms with Gasteiger partial charge in [-0.15, -0.1) is 34.2 Å². The van der Waals surface area contributed by atoms with Gasteiger partial charge in [0.2, 0.25) is 0 Å². The van der Waals surface area contributed by atoms with E-state index in [0.717, 1.165) is 50.0 Å². The van der Waals surface area contributed by atoms with E-state index in [9.17, 15) is 0 Å². The van der Waals surface area contributed by atoms with E-state index in [0.29, 0.717) is 6.54 Å². The minimum atomic E-state index is 0. The van der Waals surface area contributed by atoms with Gasteiger partial charge >= 0.3 is 0 Å². The Hall–Kier alpha value is -2.62. The van der Waals surface area contributed by atoms with Gasteiger partial charge in [0.05, 0.1) is 13.7 Å². The van der Waals surface area contributed by atoms with Crippen molar-refractivity contribution in [3.05, 3.63) is 77.4 Å². The van der Waals surface area contributed by atoms with Gasteiger partial charge in [0.15, 0.2) is 5.96 Å². The number of hydrogen-bond donors (Lipinski definition) is 2. The van der Waals surface area contributed by atoms with E-state index in [1.165, 1.54) is 16.7 Å².